The number of cyclic esters (lactones) is 2. The number of esters is 2. The first kappa shape index (κ1) is 8.53. The molecular formula is C10H10O3S. The molecule has 14 heavy (non-hydrogen) atoms. The second-order valence-electron chi connectivity index (χ2n) is 4.49. The van der Waals surface area contributed by atoms with Gasteiger partial charge in [0.1, 0.15) is 0 Å². The summed E-state index contributed by atoms with van der Waals surface area (Å²) in [5.41, 5.74) is -1.22. The molecule has 0 spiro atoms. The third kappa shape index (κ3) is 0.550. The van der Waals surface area contributed by atoms with E-state index >= 15 is 0 Å². The van der Waals surface area contributed by atoms with Gasteiger partial charge in [-0.2, -0.15) is 0 Å². The zero-order chi connectivity index (χ0) is 10.1. The molecule has 2 fully saturated rings. The maximum absolute atomic E-state index is 11.6. The van der Waals surface area contributed by atoms with Gasteiger partial charge >= 0.3 is 11.9 Å². The van der Waals surface area contributed by atoms with Crippen LogP contribution < -0.4 is 0 Å². The fraction of sp³-hybridized carbons (Fsp3) is 0.600. The Hall–Kier alpha value is -0.770. The smallest absolute Gasteiger partial charge is 0.321 e. The lowest BCUT2D eigenvalue weighted by Crippen LogP contribution is -2.64. The summed E-state index contributed by atoms with van der Waals surface area (Å²) in [6.07, 6.45) is 2.02. The van der Waals surface area contributed by atoms with Crippen LogP contribution in [0, 0.1) is 16.7 Å². The highest BCUT2D eigenvalue weighted by Crippen LogP contribution is 2.71. The number of rotatable bonds is 0. The van der Waals surface area contributed by atoms with Gasteiger partial charge in [0.25, 0.3) is 0 Å². The standard InChI is InChI=1S/C10H10O3S/c1-9-5-3-4-14-6(5)10(9,2)8(12)13-7(9)11/h3-6H,1-2H3. The lowest BCUT2D eigenvalue weighted by molar-refractivity contribution is -0.155. The summed E-state index contributed by atoms with van der Waals surface area (Å²) in [4.78, 5) is 23.3. The lowest BCUT2D eigenvalue weighted by Gasteiger charge is -2.55. The predicted octanol–water partition coefficient (Wildman–Crippen LogP) is 1.34. The van der Waals surface area contributed by atoms with Gasteiger partial charge in [-0.25, -0.2) is 0 Å². The summed E-state index contributed by atoms with van der Waals surface area (Å²) in [5.74, 6) is -0.516. The zero-order valence-corrected chi connectivity index (χ0v) is 8.76. The van der Waals surface area contributed by atoms with E-state index in [0.29, 0.717) is 0 Å². The van der Waals surface area contributed by atoms with Crippen molar-refractivity contribution < 1.29 is 14.3 Å². The minimum absolute atomic E-state index is 0.177. The summed E-state index contributed by atoms with van der Waals surface area (Å²) < 4.78 is 4.77. The first-order valence-corrected chi connectivity index (χ1v) is 5.56. The van der Waals surface area contributed by atoms with Crippen molar-refractivity contribution in [2.45, 2.75) is 19.1 Å². The topological polar surface area (TPSA) is 43.4 Å². The summed E-state index contributed by atoms with van der Waals surface area (Å²) in [5, 5.41) is 2.19. The first-order valence-electron chi connectivity index (χ1n) is 4.62. The second kappa shape index (κ2) is 2.08. The molecule has 3 aliphatic rings. The number of hydrogen-bond donors (Lipinski definition) is 0. The number of carbonyl (C=O) groups is 2. The van der Waals surface area contributed by atoms with Crippen LogP contribution in [0.25, 0.3) is 0 Å². The minimum atomic E-state index is -0.616. The molecule has 2 aliphatic heterocycles. The fourth-order valence-electron chi connectivity index (χ4n) is 2.91. The molecule has 0 aromatic heterocycles. The molecule has 4 heteroatoms. The van der Waals surface area contributed by atoms with Crippen LogP contribution in [0.5, 0.6) is 0 Å². The molecule has 0 amide bonds. The first-order chi connectivity index (χ1) is 6.53. The van der Waals surface area contributed by atoms with Gasteiger partial charge in [-0.1, -0.05) is 6.08 Å². The van der Waals surface area contributed by atoms with E-state index in [9.17, 15) is 9.59 Å². The number of ether oxygens (including phenoxy) is 1. The molecule has 1 saturated carbocycles. The number of allylic oxidation sites excluding steroid dienone is 1. The molecule has 2 heterocycles. The second-order valence-corrected chi connectivity index (χ2v) is 5.54. The molecule has 0 radical (unpaired) electrons. The van der Waals surface area contributed by atoms with Gasteiger partial charge in [-0.3, -0.25) is 9.59 Å². The summed E-state index contributed by atoms with van der Waals surface area (Å²) in [6, 6.07) is 0. The van der Waals surface area contributed by atoms with Gasteiger partial charge in [-0.15, -0.1) is 11.8 Å². The van der Waals surface area contributed by atoms with Gasteiger partial charge in [0.2, 0.25) is 0 Å². The summed E-state index contributed by atoms with van der Waals surface area (Å²) >= 11 is 1.64. The molecular weight excluding hydrogens is 200 g/mol. The molecule has 3 nitrogen and oxygen atoms in total. The highest BCUT2D eigenvalue weighted by molar-refractivity contribution is 8.03. The summed E-state index contributed by atoms with van der Waals surface area (Å²) in [6.45, 7) is 3.69. The number of thioether (sulfide) groups is 1. The van der Waals surface area contributed by atoms with Crippen molar-refractivity contribution >= 4 is 23.7 Å². The molecule has 4 atom stereocenters. The highest BCUT2D eigenvalue weighted by atomic mass is 32.2. The van der Waals surface area contributed by atoms with Gasteiger partial charge in [0.15, 0.2) is 0 Å². The van der Waals surface area contributed by atoms with Gasteiger partial charge < -0.3 is 4.74 Å². The zero-order valence-electron chi connectivity index (χ0n) is 7.94. The van der Waals surface area contributed by atoms with E-state index in [4.69, 9.17) is 4.74 Å². The molecule has 1 aliphatic carbocycles. The van der Waals surface area contributed by atoms with Crippen molar-refractivity contribution in [3.63, 3.8) is 0 Å². The predicted molar refractivity (Wildman–Crippen MR) is 51.3 cm³/mol. The molecule has 4 unspecified atom stereocenters. The van der Waals surface area contributed by atoms with Crippen molar-refractivity contribution in [2.24, 2.45) is 16.7 Å². The van der Waals surface area contributed by atoms with Crippen molar-refractivity contribution in [1.82, 2.24) is 0 Å². The van der Waals surface area contributed by atoms with Crippen LogP contribution in [0.1, 0.15) is 13.8 Å². The molecule has 0 N–H and O–H groups in total. The lowest BCUT2D eigenvalue weighted by atomic mass is 9.46. The van der Waals surface area contributed by atoms with Crippen molar-refractivity contribution in [1.29, 1.82) is 0 Å². The van der Waals surface area contributed by atoms with Crippen LogP contribution in [0.4, 0.5) is 0 Å². The van der Waals surface area contributed by atoms with Crippen molar-refractivity contribution in [2.75, 3.05) is 0 Å². The highest BCUT2D eigenvalue weighted by Gasteiger charge is 2.79. The van der Waals surface area contributed by atoms with E-state index in [1.54, 1.807) is 11.8 Å². The fourth-order valence-corrected chi connectivity index (χ4v) is 4.48. The quantitative estimate of drug-likeness (QED) is 0.447. The SMILES string of the molecule is CC12C(=O)OC(=O)C1(C)C1SC=CC12. The van der Waals surface area contributed by atoms with Crippen LogP contribution >= 0.6 is 11.8 Å². The number of fused-ring (bicyclic) bond motifs is 4. The minimum Gasteiger partial charge on any atom is -0.392 e. The Morgan fingerprint density at radius 3 is 2.64 bits per heavy atom. The largest absolute Gasteiger partial charge is 0.392 e. The van der Waals surface area contributed by atoms with Crippen LogP contribution in [-0.2, 0) is 14.3 Å². The number of hydrogen-bond acceptors (Lipinski definition) is 4. The Morgan fingerprint density at radius 2 is 1.93 bits per heavy atom. The average molecular weight is 210 g/mol. The van der Waals surface area contributed by atoms with E-state index in [1.807, 2.05) is 25.3 Å². The van der Waals surface area contributed by atoms with Gasteiger partial charge in [0.05, 0.1) is 10.8 Å². The third-order valence-electron chi connectivity index (χ3n) is 4.19. The van der Waals surface area contributed by atoms with Crippen molar-refractivity contribution in [3.8, 4) is 0 Å². The molecule has 74 valence electrons. The Labute approximate surface area is 85.9 Å². The van der Waals surface area contributed by atoms with Gasteiger partial charge in [0, 0.05) is 11.2 Å². The van der Waals surface area contributed by atoms with E-state index in [1.165, 1.54) is 0 Å². The average Bonchev–Trinajstić information content (AvgIpc) is 2.65. The van der Waals surface area contributed by atoms with Crippen LogP contribution in [-0.4, -0.2) is 17.2 Å². The van der Waals surface area contributed by atoms with Crippen LogP contribution in [0.2, 0.25) is 0 Å². The Morgan fingerprint density at radius 1 is 1.29 bits per heavy atom. The van der Waals surface area contributed by atoms with Crippen LogP contribution in [0.3, 0.4) is 0 Å². The summed E-state index contributed by atoms with van der Waals surface area (Å²) in [7, 11) is 0. The molecule has 1 saturated heterocycles. The number of carbonyl (C=O) groups excluding carboxylic acids is 2. The monoisotopic (exact) mass is 210 g/mol. The molecule has 0 bridgehead atoms. The van der Waals surface area contributed by atoms with Crippen molar-refractivity contribution in [3.05, 3.63) is 11.5 Å². The molecule has 3 rings (SSSR count). The maximum Gasteiger partial charge on any atom is 0.321 e. The van der Waals surface area contributed by atoms with Gasteiger partial charge in [-0.05, 0) is 19.3 Å². The maximum atomic E-state index is 11.6. The Kier molecular flexibility index (Phi) is 1.27. The Bertz CT molecular complexity index is 389. The normalized spacial score (nSPS) is 53.9. The molecule has 0 aromatic rings. The third-order valence-corrected chi connectivity index (χ3v) is 5.56. The van der Waals surface area contributed by atoms with E-state index in [-0.39, 0.29) is 23.1 Å². The van der Waals surface area contributed by atoms with E-state index < -0.39 is 10.8 Å². The van der Waals surface area contributed by atoms with E-state index in [0.717, 1.165) is 0 Å². The Balaban J connectivity index is 2.16. The van der Waals surface area contributed by atoms with E-state index in [2.05, 4.69) is 0 Å². The molecule has 0 aromatic carbocycles. The van der Waals surface area contributed by atoms with Crippen LogP contribution in [0.15, 0.2) is 11.5 Å².